The summed E-state index contributed by atoms with van der Waals surface area (Å²) in [4.78, 5) is 19.0. The highest BCUT2D eigenvalue weighted by atomic mass is 16.1. The van der Waals surface area contributed by atoms with Crippen LogP contribution in [-0.4, -0.2) is 42.9 Å². The van der Waals surface area contributed by atoms with E-state index in [1.807, 2.05) is 0 Å². The van der Waals surface area contributed by atoms with Crippen LogP contribution >= 0.6 is 0 Å². The zero-order chi connectivity index (χ0) is 22.0. The van der Waals surface area contributed by atoms with Crippen LogP contribution < -0.4 is 4.90 Å². The lowest BCUT2D eigenvalue weighted by Gasteiger charge is -2.30. The molecule has 2 aliphatic rings. The standard InChI is InChI=1S/C28H40N2O/c1-5-7-15-28(16-8-6-2)24-13-14-25(22-11-9-12-23(26(22)24)27(28)31)30-18-10-17-29(19-20-30)21(3)4/h9,11-14,21H,5-8,10,15-20H2,1-4H3. The summed E-state index contributed by atoms with van der Waals surface area (Å²) >= 11 is 0. The second kappa shape index (κ2) is 9.32. The first kappa shape index (κ1) is 22.3. The van der Waals surface area contributed by atoms with Crippen molar-refractivity contribution in [2.45, 2.75) is 84.1 Å². The molecule has 0 bridgehead atoms. The Morgan fingerprint density at radius 2 is 1.68 bits per heavy atom. The molecule has 0 N–H and O–H groups in total. The molecule has 0 saturated carbocycles. The lowest BCUT2D eigenvalue weighted by Crippen LogP contribution is -2.35. The van der Waals surface area contributed by atoms with Gasteiger partial charge in [0, 0.05) is 48.9 Å². The van der Waals surface area contributed by atoms with Crippen LogP contribution in [0.2, 0.25) is 0 Å². The molecule has 0 radical (unpaired) electrons. The van der Waals surface area contributed by atoms with E-state index in [0.717, 1.165) is 63.7 Å². The summed E-state index contributed by atoms with van der Waals surface area (Å²) in [6.07, 6.45) is 7.67. The van der Waals surface area contributed by atoms with Gasteiger partial charge in [0.25, 0.3) is 0 Å². The van der Waals surface area contributed by atoms with Gasteiger partial charge in [-0.25, -0.2) is 0 Å². The maximum Gasteiger partial charge on any atom is 0.174 e. The summed E-state index contributed by atoms with van der Waals surface area (Å²) in [6.45, 7) is 13.5. The van der Waals surface area contributed by atoms with Crippen LogP contribution in [0.1, 0.15) is 88.6 Å². The Morgan fingerprint density at radius 3 is 2.35 bits per heavy atom. The molecule has 1 saturated heterocycles. The molecule has 1 heterocycles. The predicted octanol–water partition coefficient (Wildman–Crippen LogP) is 6.57. The summed E-state index contributed by atoms with van der Waals surface area (Å²) < 4.78 is 0. The quantitative estimate of drug-likeness (QED) is 0.482. The zero-order valence-electron chi connectivity index (χ0n) is 20.0. The molecule has 2 aromatic carbocycles. The number of Topliss-reactive ketones (excluding diaryl/α,β-unsaturated/α-hetero) is 1. The van der Waals surface area contributed by atoms with Crippen molar-refractivity contribution < 1.29 is 4.79 Å². The number of hydrogen-bond donors (Lipinski definition) is 0. The molecule has 168 valence electrons. The highest BCUT2D eigenvalue weighted by Crippen LogP contribution is 2.50. The van der Waals surface area contributed by atoms with Crippen molar-refractivity contribution in [3.63, 3.8) is 0 Å². The van der Waals surface area contributed by atoms with Gasteiger partial charge in [-0.05, 0) is 50.1 Å². The number of carbonyl (C=O) groups excluding carboxylic acids is 1. The molecule has 1 aliphatic heterocycles. The van der Waals surface area contributed by atoms with E-state index in [0.29, 0.717) is 11.8 Å². The van der Waals surface area contributed by atoms with Crippen molar-refractivity contribution in [1.82, 2.24) is 4.90 Å². The summed E-state index contributed by atoms with van der Waals surface area (Å²) in [5, 5.41) is 2.54. The molecule has 0 amide bonds. The number of ketones is 1. The summed E-state index contributed by atoms with van der Waals surface area (Å²) in [7, 11) is 0. The first-order valence-electron chi connectivity index (χ1n) is 12.6. The lowest BCUT2D eigenvalue weighted by molar-refractivity contribution is 0.0871. The molecule has 4 rings (SSSR count). The minimum atomic E-state index is -0.306. The molecule has 0 atom stereocenters. The van der Waals surface area contributed by atoms with Crippen molar-refractivity contribution in [3.8, 4) is 0 Å². The van der Waals surface area contributed by atoms with Gasteiger partial charge in [-0.3, -0.25) is 9.69 Å². The first-order chi connectivity index (χ1) is 15.0. The molecule has 31 heavy (non-hydrogen) atoms. The van der Waals surface area contributed by atoms with E-state index < -0.39 is 0 Å². The summed E-state index contributed by atoms with van der Waals surface area (Å²) in [5.74, 6) is 0.383. The van der Waals surface area contributed by atoms with Crippen LogP contribution in [0.5, 0.6) is 0 Å². The average Bonchev–Trinajstić information content (AvgIpc) is 2.93. The van der Waals surface area contributed by atoms with Crippen molar-refractivity contribution in [1.29, 1.82) is 0 Å². The number of hydrogen-bond acceptors (Lipinski definition) is 3. The maximum absolute atomic E-state index is 13.9. The van der Waals surface area contributed by atoms with E-state index in [2.05, 4.69) is 67.8 Å². The molecular formula is C28H40N2O. The van der Waals surface area contributed by atoms with E-state index in [9.17, 15) is 4.79 Å². The molecule has 0 spiro atoms. The van der Waals surface area contributed by atoms with Gasteiger partial charge in [0.05, 0.1) is 5.41 Å². The number of nitrogens with zero attached hydrogens (tertiary/aromatic N) is 2. The lowest BCUT2D eigenvalue weighted by atomic mass is 9.72. The number of benzene rings is 2. The number of unbranched alkanes of at least 4 members (excludes halogenated alkanes) is 2. The fraction of sp³-hybridized carbons (Fsp3) is 0.607. The molecule has 0 aromatic heterocycles. The van der Waals surface area contributed by atoms with Crippen LogP contribution in [0, 0.1) is 0 Å². The Balaban J connectivity index is 1.77. The van der Waals surface area contributed by atoms with Crippen molar-refractivity contribution in [2.75, 3.05) is 31.1 Å². The second-order valence-electron chi connectivity index (χ2n) is 9.95. The smallest absolute Gasteiger partial charge is 0.174 e. The Bertz CT molecular complexity index is 924. The molecule has 0 unspecified atom stereocenters. The zero-order valence-corrected chi connectivity index (χ0v) is 20.0. The Kier molecular flexibility index (Phi) is 6.71. The van der Waals surface area contributed by atoms with Gasteiger partial charge in [0.2, 0.25) is 0 Å². The van der Waals surface area contributed by atoms with E-state index in [4.69, 9.17) is 0 Å². The normalized spacial score (nSPS) is 18.9. The SMILES string of the molecule is CCCCC1(CCCC)C(=O)c2cccc3c(N4CCCN(C(C)C)CC4)ccc1c23. The van der Waals surface area contributed by atoms with Gasteiger partial charge in [0.1, 0.15) is 0 Å². The van der Waals surface area contributed by atoms with Gasteiger partial charge in [0.15, 0.2) is 5.78 Å². The Morgan fingerprint density at radius 1 is 0.935 bits per heavy atom. The van der Waals surface area contributed by atoms with Crippen molar-refractivity contribution in [2.24, 2.45) is 0 Å². The first-order valence-corrected chi connectivity index (χ1v) is 12.6. The van der Waals surface area contributed by atoms with Gasteiger partial charge in [-0.1, -0.05) is 63.8 Å². The van der Waals surface area contributed by atoms with Gasteiger partial charge in [-0.2, -0.15) is 0 Å². The highest BCUT2D eigenvalue weighted by molar-refractivity contribution is 6.22. The fourth-order valence-electron chi connectivity index (χ4n) is 5.91. The fourth-order valence-corrected chi connectivity index (χ4v) is 5.91. The monoisotopic (exact) mass is 420 g/mol. The topological polar surface area (TPSA) is 23.6 Å². The average molecular weight is 421 g/mol. The summed E-state index contributed by atoms with van der Waals surface area (Å²) in [5.41, 5.74) is 3.30. The van der Waals surface area contributed by atoms with Crippen LogP contribution in [0.4, 0.5) is 5.69 Å². The van der Waals surface area contributed by atoms with E-state index in [1.165, 1.54) is 35.0 Å². The third-order valence-electron chi connectivity index (χ3n) is 7.73. The molecule has 3 nitrogen and oxygen atoms in total. The molecule has 3 heteroatoms. The largest absolute Gasteiger partial charge is 0.370 e. The third kappa shape index (κ3) is 3.91. The third-order valence-corrected chi connectivity index (χ3v) is 7.73. The van der Waals surface area contributed by atoms with Gasteiger partial charge < -0.3 is 4.90 Å². The van der Waals surface area contributed by atoms with E-state index >= 15 is 0 Å². The molecule has 2 aromatic rings. The van der Waals surface area contributed by atoms with E-state index in [-0.39, 0.29) is 5.41 Å². The predicted molar refractivity (Wildman–Crippen MR) is 133 cm³/mol. The number of rotatable bonds is 8. The van der Waals surface area contributed by atoms with E-state index in [1.54, 1.807) is 0 Å². The van der Waals surface area contributed by atoms with Crippen LogP contribution in [0.15, 0.2) is 30.3 Å². The Hall–Kier alpha value is -1.87. The minimum absolute atomic E-state index is 0.306. The molecular weight excluding hydrogens is 380 g/mol. The summed E-state index contributed by atoms with van der Waals surface area (Å²) in [6, 6.07) is 11.7. The Labute approximate surface area is 188 Å². The van der Waals surface area contributed by atoms with Crippen molar-refractivity contribution >= 4 is 22.2 Å². The van der Waals surface area contributed by atoms with Gasteiger partial charge >= 0.3 is 0 Å². The number of anilines is 1. The molecule has 1 aliphatic carbocycles. The minimum Gasteiger partial charge on any atom is -0.370 e. The maximum atomic E-state index is 13.9. The van der Waals surface area contributed by atoms with Gasteiger partial charge in [-0.15, -0.1) is 0 Å². The van der Waals surface area contributed by atoms with Crippen LogP contribution in [-0.2, 0) is 5.41 Å². The van der Waals surface area contributed by atoms with Crippen LogP contribution in [0.3, 0.4) is 0 Å². The highest BCUT2D eigenvalue weighted by Gasteiger charge is 2.46. The van der Waals surface area contributed by atoms with Crippen molar-refractivity contribution in [3.05, 3.63) is 41.5 Å². The second-order valence-corrected chi connectivity index (χ2v) is 9.95. The van der Waals surface area contributed by atoms with Crippen LogP contribution in [0.25, 0.3) is 10.8 Å². The number of carbonyl (C=O) groups is 1. The molecule has 1 fully saturated rings.